The van der Waals surface area contributed by atoms with Crippen LogP contribution < -0.4 is 10.1 Å². The Labute approximate surface area is 127 Å². The SMILES string of the molecule is COc1ccc([C@H]2CCCN2C(=O)NCCC(C)C)cc1. The van der Waals surface area contributed by atoms with E-state index in [1.807, 2.05) is 17.0 Å². The van der Waals surface area contributed by atoms with Crippen LogP contribution in [0.3, 0.4) is 0 Å². The molecule has 1 N–H and O–H groups in total. The molecule has 1 fully saturated rings. The fourth-order valence-electron chi connectivity index (χ4n) is 2.75. The van der Waals surface area contributed by atoms with Gasteiger partial charge in [0.2, 0.25) is 0 Å². The highest BCUT2D eigenvalue weighted by Crippen LogP contribution is 2.32. The third-order valence-corrected chi connectivity index (χ3v) is 4.01. The van der Waals surface area contributed by atoms with Crippen LogP contribution in [0.15, 0.2) is 24.3 Å². The Balaban J connectivity index is 1.97. The maximum Gasteiger partial charge on any atom is 0.317 e. The molecule has 2 amide bonds. The van der Waals surface area contributed by atoms with E-state index >= 15 is 0 Å². The summed E-state index contributed by atoms with van der Waals surface area (Å²) in [6.07, 6.45) is 3.12. The number of carbonyl (C=O) groups excluding carboxylic acids is 1. The lowest BCUT2D eigenvalue weighted by molar-refractivity contribution is 0.192. The maximum absolute atomic E-state index is 12.3. The van der Waals surface area contributed by atoms with E-state index in [-0.39, 0.29) is 12.1 Å². The van der Waals surface area contributed by atoms with Gasteiger partial charge in [-0.25, -0.2) is 4.79 Å². The van der Waals surface area contributed by atoms with E-state index in [2.05, 4.69) is 31.3 Å². The van der Waals surface area contributed by atoms with Crippen molar-refractivity contribution in [3.8, 4) is 5.75 Å². The summed E-state index contributed by atoms with van der Waals surface area (Å²) in [6.45, 7) is 5.93. The van der Waals surface area contributed by atoms with Gasteiger partial charge in [-0.3, -0.25) is 0 Å². The van der Waals surface area contributed by atoms with E-state index in [9.17, 15) is 4.79 Å². The topological polar surface area (TPSA) is 41.6 Å². The highest BCUT2D eigenvalue weighted by molar-refractivity contribution is 5.75. The number of nitrogens with zero attached hydrogens (tertiary/aromatic N) is 1. The highest BCUT2D eigenvalue weighted by atomic mass is 16.5. The Morgan fingerprint density at radius 2 is 2.10 bits per heavy atom. The lowest BCUT2D eigenvalue weighted by Crippen LogP contribution is -2.40. The van der Waals surface area contributed by atoms with Crippen LogP contribution in [0.2, 0.25) is 0 Å². The molecule has 0 radical (unpaired) electrons. The number of urea groups is 1. The van der Waals surface area contributed by atoms with E-state index < -0.39 is 0 Å². The molecule has 1 atom stereocenters. The Hall–Kier alpha value is -1.71. The van der Waals surface area contributed by atoms with E-state index in [1.165, 1.54) is 5.56 Å². The summed E-state index contributed by atoms with van der Waals surface area (Å²) in [5, 5.41) is 3.04. The van der Waals surface area contributed by atoms with Gasteiger partial charge in [-0.15, -0.1) is 0 Å². The lowest BCUT2D eigenvalue weighted by atomic mass is 10.0. The summed E-state index contributed by atoms with van der Waals surface area (Å²) >= 11 is 0. The highest BCUT2D eigenvalue weighted by Gasteiger charge is 2.29. The number of nitrogens with one attached hydrogen (secondary N) is 1. The van der Waals surface area contributed by atoms with Gasteiger partial charge in [-0.2, -0.15) is 0 Å². The number of ether oxygens (including phenoxy) is 1. The molecule has 0 aliphatic carbocycles. The van der Waals surface area contributed by atoms with Gasteiger partial charge in [0.25, 0.3) is 0 Å². The summed E-state index contributed by atoms with van der Waals surface area (Å²) in [4.78, 5) is 14.3. The number of likely N-dealkylation sites (tertiary alicyclic amines) is 1. The minimum Gasteiger partial charge on any atom is -0.497 e. The number of benzene rings is 1. The van der Waals surface area contributed by atoms with Gasteiger partial charge in [-0.05, 0) is 42.9 Å². The van der Waals surface area contributed by atoms with E-state index in [4.69, 9.17) is 4.74 Å². The first-order valence-electron chi connectivity index (χ1n) is 7.80. The minimum atomic E-state index is 0.0639. The molecule has 4 nitrogen and oxygen atoms in total. The van der Waals surface area contributed by atoms with Crippen molar-refractivity contribution in [2.45, 2.75) is 39.2 Å². The Morgan fingerprint density at radius 3 is 2.71 bits per heavy atom. The summed E-state index contributed by atoms with van der Waals surface area (Å²) < 4.78 is 5.19. The van der Waals surface area contributed by atoms with Crippen molar-refractivity contribution in [2.75, 3.05) is 20.2 Å². The van der Waals surface area contributed by atoms with E-state index in [0.717, 1.165) is 38.1 Å². The number of hydrogen-bond donors (Lipinski definition) is 1. The second kappa shape index (κ2) is 7.34. The summed E-state index contributed by atoms with van der Waals surface area (Å²) in [6, 6.07) is 8.29. The molecule has 0 saturated carbocycles. The van der Waals surface area contributed by atoms with Gasteiger partial charge in [0.15, 0.2) is 0 Å². The average Bonchev–Trinajstić information content (AvgIpc) is 2.96. The van der Waals surface area contributed by atoms with Gasteiger partial charge in [-0.1, -0.05) is 26.0 Å². The van der Waals surface area contributed by atoms with E-state index in [1.54, 1.807) is 7.11 Å². The molecule has 0 aromatic heterocycles. The molecule has 116 valence electrons. The van der Waals surface area contributed by atoms with Gasteiger partial charge in [0, 0.05) is 13.1 Å². The third kappa shape index (κ3) is 4.13. The zero-order valence-corrected chi connectivity index (χ0v) is 13.3. The molecule has 21 heavy (non-hydrogen) atoms. The summed E-state index contributed by atoms with van der Waals surface area (Å²) in [5.41, 5.74) is 1.19. The van der Waals surface area contributed by atoms with Crippen molar-refractivity contribution >= 4 is 6.03 Å². The number of carbonyl (C=O) groups is 1. The van der Waals surface area contributed by atoms with Crippen LogP contribution in [0.4, 0.5) is 4.79 Å². The number of amides is 2. The normalized spacial score (nSPS) is 18.1. The fourth-order valence-corrected chi connectivity index (χ4v) is 2.75. The van der Waals surface area contributed by atoms with Crippen LogP contribution in [0.1, 0.15) is 44.7 Å². The Morgan fingerprint density at radius 1 is 1.38 bits per heavy atom. The molecular weight excluding hydrogens is 264 g/mol. The molecule has 0 spiro atoms. The number of methoxy groups -OCH3 is 1. The largest absolute Gasteiger partial charge is 0.497 e. The first-order valence-corrected chi connectivity index (χ1v) is 7.80. The molecule has 2 rings (SSSR count). The summed E-state index contributed by atoms with van der Waals surface area (Å²) in [5.74, 6) is 1.46. The molecule has 1 aromatic carbocycles. The van der Waals surface area contributed by atoms with Crippen LogP contribution in [-0.4, -0.2) is 31.1 Å². The molecule has 1 aliphatic heterocycles. The zero-order valence-electron chi connectivity index (χ0n) is 13.3. The Kier molecular flexibility index (Phi) is 5.48. The predicted molar refractivity (Wildman–Crippen MR) is 84.5 cm³/mol. The van der Waals surface area contributed by atoms with Crippen molar-refractivity contribution in [1.29, 1.82) is 0 Å². The van der Waals surface area contributed by atoms with Crippen LogP contribution in [0, 0.1) is 5.92 Å². The van der Waals surface area contributed by atoms with Gasteiger partial charge in [0.05, 0.1) is 13.2 Å². The van der Waals surface area contributed by atoms with Crippen molar-refractivity contribution in [3.05, 3.63) is 29.8 Å². The van der Waals surface area contributed by atoms with Crippen LogP contribution in [0.5, 0.6) is 5.75 Å². The fraction of sp³-hybridized carbons (Fsp3) is 0.588. The smallest absolute Gasteiger partial charge is 0.317 e. The lowest BCUT2D eigenvalue weighted by Gasteiger charge is -2.25. The van der Waals surface area contributed by atoms with Gasteiger partial charge < -0.3 is 15.0 Å². The van der Waals surface area contributed by atoms with Crippen LogP contribution in [-0.2, 0) is 0 Å². The molecule has 1 aliphatic rings. The van der Waals surface area contributed by atoms with Crippen LogP contribution >= 0.6 is 0 Å². The van der Waals surface area contributed by atoms with Gasteiger partial charge in [0.1, 0.15) is 5.75 Å². The van der Waals surface area contributed by atoms with E-state index in [0.29, 0.717) is 5.92 Å². The predicted octanol–water partition coefficient (Wildman–Crippen LogP) is 3.59. The second-order valence-electron chi connectivity index (χ2n) is 6.04. The molecule has 1 aromatic rings. The van der Waals surface area contributed by atoms with Crippen molar-refractivity contribution < 1.29 is 9.53 Å². The first-order chi connectivity index (χ1) is 10.1. The quantitative estimate of drug-likeness (QED) is 0.900. The third-order valence-electron chi connectivity index (χ3n) is 4.01. The molecule has 1 saturated heterocycles. The number of rotatable bonds is 5. The van der Waals surface area contributed by atoms with Crippen molar-refractivity contribution in [3.63, 3.8) is 0 Å². The Bertz CT molecular complexity index is 456. The summed E-state index contributed by atoms with van der Waals surface area (Å²) in [7, 11) is 1.67. The molecule has 4 heteroatoms. The van der Waals surface area contributed by atoms with Crippen LogP contribution in [0.25, 0.3) is 0 Å². The standard InChI is InChI=1S/C17H26N2O2/c1-13(2)10-11-18-17(20)19-12-4-5-16(19)14-6-8-15(21-3)9-7-14/h6-9,13,16H,4-5,10-12H2,1-3H3,(H,18,20)/t16-/m1/s1. The van der Waals surface area contributed by atoms with Crippen molar-refractivity contribution in [1.82, 2.24) is 10.2 Å². The molecular formula is C17H26N2O2. The zero-order chi connectivity index (χ0) is 15.2. The molecule has 0 bridgehead atoms. The average molecular weight is 290 g/mol. The molecule has 0 unspecified atom stereocenters. The first kappa shape index (κ1) is 15.7. The van der Waals surface area contributed by atoms with Crippen molar-refractivity contribution in [2.24, 2.45) is 5.92 Å². The second-order valence-corrected chi connectivity index (χ2v) is 6.04. The number of hydrogen-bond acceptors (Lipinski definition) is 2. The van der Waals surface area contributed by atoms with Gasteiger partial charge >= 0.3 is 6.03 Å². The maximum atomic E-state index is 12.3. The monoisotopic (exact) mass is 290 g/mol. The minimum absolute atomic E-state index is 0.0639. The molecule has 1 heterocycles.